The molecule has 4 heteroatoms. The molecule has 0 radical (unpaired) electrons. The highest BCUT2D eigenvalue weighted by Gasteiger charge is 1.99. The minimum absolute atomic E-state index is 0.641. The van der Waals surface area contributed by atoms with Gasteiger partial charge in [-0.15, -0.1) is 0 Å². The van der Waals surface area contributed by atoms with E-state index in [1.165, 1.54) is 0 Å². The third-order valence-electron chi connectivity index (χ3n) is 1.76. The van der Waals surface area contributed by atoms with Crippen molar-refractivity contribution in [3.05, 3.63) is 22.3 Å². The van der Waals surface area contributed by atoms with Crippen molar-refractivity contribution in [2.75, 3.05) is 20.3 Å². The molecule has 0 atom stereocenters. The lowest BCUT2D eigenvalue weighted by molar-refractivity contribution is 0.170. The zero-order valence-corrected chi connectivity index (χ0v) is 10.0. The summed E-state index contributed by atoms with van der Waals surface area (Å²) >= 11 is 3.38. The molecular weight excluding hydrogens is 246 g/mol. The van der Waals surface area contributed by atoms with Gasteiger partial charge in [0.2, 0.25) is 5.88 Å². The van der Waals surface area contributed by atoms with Crippen molar-refractivity contribution in [2.24, 2.45) is 0 Å². The number of pyridine rings is 1. The summed E-state index contributed by atoms with van der Waals surface area (Å²) in [7, 11) is 1.68. The highest BCUT2D eigenvalue weighted by Crippen LogP contribution is 2.18. The van der Waals surface area contributed by atoms with E-state index in [2.05, 4.69) is 20.9 Å². The van der Waals surface area contributed by atoms with Gasteiger partial charge in [-0.1, -0.05) is 0 Å². The van der Waals surface area contributed by atoms with Crippen molar-refractivity contribution in [1.29, 1.82) is 0 Å². The number of hydrogen-bond acceptors (Lipinski definition) is 3. The third kappa shape index (κ3) is 3.64. The Hall–Kier alpha value is -0.610. The fourth-order valence-electron chi connectivity index (χ4n) is 0.972. The maximum Gasteiger partial charge on any atom is 0.213 e. The van der Waals surface area contributed by atoms with Crippen LogP contribution >= 0.6 is 15.9 Å². The van der Waals surface area contributed by atoms with Gasteiger partial charge in [0.15, 0.2) is 0 Å². The number of ether oxygens (including phenoxy) is 2. The van der Waals surface area contributed by atoms with Crippen LogP contribution in [0.2, 0.25) is 0 Å². The van der Waals surface area contributed by atoms with E-state index >= 15 is 0 Å². The standard InChI is InChI=1S/C10H14BrNO2/c1-8-6-10(12-7-9(8)11)14-5-3-4-13-2/h6-7H,3-5H2,1-2H3. The van der Waals surface area contributed by atoms with Crippen molar-refractivity contribution < 1.29 is 9.47 Å². The van der Waals surface area contributed by atoms with Gasteiger partial charge in [0, 0.05) is 36.9 Å². The van der Waals surface area contributed by atoms with Crippen LogP contribution in [0, 0.1) is 6.92 Å². The van der Waals surface area contributed by atoms with Crippen LogP contribution in [-0.2, 0) is 4.74 Å². The van der Waals surface area contributed by atoms with Crippen LogP contribution in [0.1, 0.15) is 12.0 Å². The molecule has 0 aliphatic rings. The molecule has 0 saturated heterocycles. The van der Waals surface area contributed by atoms with Crippen molar-refractivity contribution in [3.8, 4) is 5.88 Å². The molecule has 1 rings (SSSR count). The van der Waals surface area contributed by atoms with Crippen LogP contribution in [0.25, 0.3) is 0 Å². The topological polar surface area (TPSA) is 31.4 Å². The van der Waals surface area contributed by atoms with E-state index in [9.17, 15) is 0 Å². The lowest BCUT2D eigenvalue weighted by Gasteiger charge is -2.05. The number of nitrogens with zero attached hydrogens (tertiary/aromatic N) is 1. The molecule has 14 heavy (non-hydrogen) atoms. The molecule has 1 aromatic rings. The Morgan fingerprint density at radius 1 is 1.43 bits per heavy atom. The van der Waals surface area contributed by atoms with Crippen molar-refractivity contribution in [2.45, 2.75) is 13.3 Å². The lowest BCUT2D eigenvalue weighted by Crippen LogP contribution is -2.02. The summed E-state index contributed by atoms with van der Waals surface area (Å²) in [4.78, 5) is 4.13. The Labute approximate surface area is 92.6 Å². The van der Waals surface area contributed by atoms with Crippen LogP contribution in [0.4, 0.5) is 0 Å². The molecule has 0 N–H and O–H groups in total. The van der Waals surface area contributed by atoms with Gasteiger partial charge in [0.1, 0.15) is 0 Å². The smallest absolute Gasteiger partial charge is 0.213 e. The van der Waals surface area contributed by atoms with E-state index in [1.807, 2.05) is 13.0 Å². The highest BCUT2D eigenvalue weighted by molar-refractivity contribution is 9.10. The monoisotopic (exact) mass is 259 g/mol. The number of aromatic nitrogens is 1. The van der Waals surface area contributed by atoms with Gasteiger partial charge in [-0.2, -0.15) is 0 Å². The van der Waals surface area contributed by atoms with E-state index < -0.39 is 0 Å². The molecule has 3 nitrogen and oxygen atoms in total. The van der Waals surface area contributed by atoms with Crippen LogP contribution in [0.15, 0.2) is 16.7 Å². The Balaban J connectivity index is 2.39. The summed E-state index contributed by atoms with van der Waals surface area (Å²) in [6.45, 7) is 3.37. The number of methoxy groups -OCH3 is 1. The van der Waals surface area contributed by atoms with Gasteiger partial charge >= 0.3 is 0 Å². The molecule has 0 bridgehead atoms. The molecule has 0 amide bonds. The predicted octanol–water partition coefficient (Wildman–Crippen LogP) is 2.57. The van der Waals surface area contributed by atoms with E-state index in [0.29, 0.717) is 12.5 Å². The number of hydrogen-bond donors (Lipinski definition) is 0. The first-order chi connectivity index (χ1) is 6.74. The largest absolute Gasteiger partial charge is 0.478 e. The van der Waals surface area contributed by atoms with Crippen LogP contribution in [0.5, 0.6) is 5.88 Å². The molecule has 0 fully saturated rings. The molecule has 0 aromatic carbocycles. The average Bonchev–Trinajstić information content (AvgIpc) is 2.18. The van der Waals surface area contributed by atoms with Gasteiger partial charge in [-0.25, -0.2) is 4.98 Å². The van der Waals surface area contributed by atoms with E-state index in [-0.39, 0.29) is 0 Å². The van der Waals surface area contributed by atoms with Crippen molar-refractivity contribution in [3.63, 3.8) is 0 Å². The summed E-state index contributed by atoms with van der Waals surface area (Å²) in [5, 5.41) is 0. The van der Waals surface area contributed by atoms with Crippen LogP contribution < -0.4 is 4.74 Å². The maximum absolute atomic E-state index is 5.43. The molecular formula is C10H14BrNO2. The number of rotatable bonds is 5. The second-order valence-electron chi connectivity index (χ2n) is 2.97. The third-order valence-corrected chi connectivity index (χ3v) is 2.59. The maximum atomic E-state index is 5.43. The summed E-state index contributed by atoms with van der Waals surface area (Å²) in [5.41, 5.74) is 1.13. The van der Waals surface area contributed by atoms with Crippen LogP contribution in [-0.4, -0.2) is 25.3 Å². The zero-order chi connectivity index (χ0) is 10.4. The van der Waals surface area contributed by atoms with Gasteiger partial charge in [0.05, 0.1) is 6.61 Å². The van der Waals surface area contributed by atoms with Crippen molar-refractivity contribution in [1.82, 2.24) is 4.98 Å². The molecule has 78 valence electrons. The van der Waals surface area contributed by atoms with Crippen molar-refractivity contribution >= 4 is 15.9 Å². The average molecular weight is 260 g/mol. The molecule has 0 aliphatic carbocycles. The molecule has 1 aromatic heterocycles. The molecule has 1 heterocycles. The van der Waals surface area contributed by atoms with Gasteiger partial charge in [0.25, 0.3) is 0 Å². The first-order valence-corrected chi connectivity index (χ1v) is 5.27. The van der Waals surface area contributed by atoms with Gasteiger partial charge in [-0.3, -0.25) is 0 Å². The fraction of sp³-hybridized carbons (Fsp3) is 0.500. The van der Waals surface area contributed by atoms with Gasteiger partial charge < -0.3 is 9.47 Å². The minimum atomic E-state index is 0.641. The van der Waals surface area contributed by atoms with Crippen LogP contribution in [0.3, 0.4) is 0 Å². The Morgan fingerprint density at radius 2 is 2.21 bits per heavy atom. The quantitative estimate of drug-likeness (QED) is 0.762. The second kappa shape index (κ2) is 5.98. The van der Waals surface area contributed by atoms with E-state index in [4.69, 9.17) is 9.47 Å². The molecule has 0 saturated carbocycles. The zero-order valence-electron chi connectivity index (χ0n) is 8.42. The molecule has 0 unspecified atom stereocenters. The van der Waals surface area contributed by atoms with E-state index in [0.717, 1.165) is 23.1 Å². The number of halogens is 1. The summed E-state index contributed by atoms with van der Waals surface area (Å²) in [6, 6.07) is 1.91. The first-order valence-electron chi connectivity index (χ1n) is 4.48. The fourth-order valence-corrected chi connectivity index (χ4v) is 1.19. The van der Waals surface area contributed by atoms with Gasteiger partial charge in [-0.05, 0) is 28.4 Å². The van der Waals surface area contributed by atoms with E-state index in [1.54, 1.807) is 13.3 Å². The summed E-state index contributed by atoms with van der Waals surface area (Å²) in [5.74, 6) is 0.668. The number of aryl methyl sites for hydroxylation is 1. The summed E-state index contributed by atoms with van der Waals surface area (Å²) in [6.07, 6.45) is 2.63. The Kier molecular flexibility index (Phi) is 4.90. The second-order valence-corrected chi connectivity index (χ2v) is 3.82. The normalized spacial score (nSPS) is 10.2. The molecule has 0 spiro atoms. The molecule has 0 aliphatic heterocycles. The Morgan fingerprint density at radius 3 is 2.86 bits per heavy atom. The highest BCUT2D eigenvalue weighted by atomic mass is 79.9. The lowest BCUT2D eigenvalue weighted by atomic mass is 10.3. The predicted molar refractivity (Wildman–Crippen MR) is 58.7 cm³/mol. The first kappa shape index (κ1) is 11.5. The summed E-state index contributed by atoms with van der Waals surface area (Å²) < 4.78 is 11.3. The SMILES string of the molecule is COCCCOc1cc(C)c(Br)cn1. The minimum Gasteiger partial charge on any atom is -0.478 e. The Bertz CT molecular complexity index is 291.